The molecule has 7 nitrogen and oxygen atoms in total. The van der Waals surface area contributed by atoms with Gasteiger partial charge in [0, 0.05) is 17.1 Å². The minimum Gasteiger partial charge on any atom is -0.350 e. The predicted molar refractivity (Wildman–Crippen MR) is 161 cm³/mol. The van der Waals surface area contributed by atoms with Crippen molar-refractivity contribution in [3.63, 3.8) is 0 Å². The number of halogens is 1. The average Bonchev–Trinajstić information content (AvgIpc) is 2.88. The second kappa shape index (κ2) is 12.9. The highest BCUT2D eigenvalue weighted by atomic mass is 35.5. The van der Waals surface area contributed by atoms with Gasteiger partial charge in [0.15, 0.2) is 0 Å². The van der Waals surface area contributed by atoms with E-state index in [4.69, 9.17) is 11.6 Å². The number of rotatable bonds is 10. The van der Waals surface area contributed by atoms with Crippen LogP contribution in [0.15, 0.2) is 77.7 Å². The maximum atomic E-state index is 14.1. The Kier molecular flexibility index (Phi) is 10.0. The molecule has 0 bridgehead atoms. The number of benzene rings is 3. The van der Waals surface area contributed by atoms with Gasteiger partial charge in [-0.05, 0) is 82.5 Å². The molecule has 3 aromatic rings. The van der Waals surface area contributed by atoms with Gasteiger partial charge in [-0.3, -0.25) is 13.9 Å². The Bertz CT molecular complexity index is 1430. The fourth-order valence-electron chi connectivity index (χ4n) is 4.35. The van der Waals surface area contributed by atoms with Gasteiger partial charge in [0.25, 0.3) is 10.0 Å². The molecule has 2 amide bonds. The summed E-state index contributed by atoms with van der Waals surface area (Å²) in [7, 11) is -4.11. The van der Waals surface area contributed by atoms with Gasteiger partial charge < -0.3 is 10.2 Å². The third kappa shape index (κ3) is 7.86. The van der Waals surface area contributed by atoms with Gasteiger partial charge in [-0.1, -0.05) is 66.6 Å². The monoisotopic (exact) mass is 583 g/mol. The average molecular weight is 584 g/mol. The fraction of sp³-hybridized carbons (Fsp3) is 0.355. The number of nitrogens with zero attached hydrogens (tertiary/aromatic N) is 2. The molecule has 0 heterocycles. The van der Waals surface area contributed by atoms with E-state index in [1.54, 1.807) is 61.5 Å². The lowest BCUT2D eigenvalue weighted by Gasteiger charge is -2.35. The SMILES string of the molecule is CC[C@H](C(=O)NC(C)(C)C)N(Cc1ccc(Cl)cc1)C(=O)CN(c1ccccc1C)S(=O)(=O)c1ccc(C)cc1. The minimum absolute atomic E-state index is 0.0796. The molecular formula is C31H38ClN3O4S. The van der Waals surface area contributed by atoms with Crippen LogP contribution in [0.2, 0.25) is 5.02 Å². The number of aryl methyl sites for hydroxylation is 2. The maximum absolute atomic E-state index is 14.1. The molecular weight excluding hydrogens is 546 g/mol. The Balaban J connectivity index is 2.08. The van der Waals surface area contributed by atoms with E-state index in [9.17, 15) is 18.0 Å². The van der Waals surface area contributed by atoms with Crippen LogP contribution in [-0.2, 0) is 26.2 Å². The van der Waals surface area contributed by atoms with Gasteiger partial charge in [0.05, 0.1) is 10.6 Å². The van der Waals surface area contributed by atoms with Gasteiger partial charge in [-0.2, -0.15) is 0 Å². The van der Waals surface area contributed by atoms with E-state index >= 15 is 0 Å². The number of carbonyl (C=O) groups is 2. The normalized spacial score (nSPS) is 12.5. The number of sulfonamides is 1. The van der Waals surface area contributed by atoms with Crippen molar-refractivity contribution in [2.75, 3.05) is 10.8 Å². The molecule has 0 aliphatic rings. The first-order chi connectivity index (χ1) is 18.7. The molecule has 0 saturated carbocycles. The summed E-state index contributed by atoms with van der Waals surface area (Å²) in [6.07, 6.45) is 0.344. The Labute approximate surface area is 243 Å². The number of hydrogen-bond donors (Lipinski definition) is 1. The zero-order valence-electron chi connectivity index (χ0n) is 23.9. The summed E-state index contributed by atoms with van der Waals surface area (Å²) in [5.74, 6) is -0.800. The molecule has 1 atom stereocenters. The molecule has 0 aromatic heterocycles. The Hall–Kier alpha value is -3.36. The molecule has 3 rings (SSSR count). The van der Waals surface area contributed by atoms with E-state index < -0.39 is 34.1 Å². The lowest BCUT2D eigenvalue weighted by atomic mass is 10.1. The molecule has 0 unspecified atom stereocenters. The summed E-state index contributed by atoms with van der Waals surface area (Å²) in [5, 5.41) is 3.52. The van der Waals surface area contributed by atoms with Crippen LogP contribution in [0.1, 0.15) is 50.8 Å². The van der Waals surface area contributed by atoms with Crippen molar-refractivity contribution in [2.45, 2.75) is 71.0 Å². The van der Waals surface area contributed by atoms with Gasteiger partial charge >= 0.3 is 0 Å². The molecule has 9 heteroatoms. The molecule has 3 aromatic carbocycles. The van der Waals surface area contributed by atoms with E-state index in [0.29, 0.717) is 22.7 Å². The Morgan fingerprint density at radius 1 is 0.925 bits per heavy atom. The second-order valence-corrected chi connectivity index (χ2v) is 13.2. The van der Waals surface area contributed by atoms with Gasteiger partial charge in [0.1, 0.15) is 12.6 Å². The lowest BCUT2D eigenvalue weighted by Crippen LogP contribution is -2.55. The van der Waals surface area contributed by atoms with Gasteiger partial charge in [-0.25, -0.2) is 8.42 Å². The zero-order valence-corrected chi connectivity index (χ0v) is 25.5. The number of anilines is 1. The van der Waals surface area contributed by atoms with Crippen molar-refractivity contribution >= 4 is 39.1 Å². The van der Waals surface area contributed by atoms with Crippen LogP contribution >= 0.6 is 11.6 Å². The molecule has 0 saturated heterocycles. The maximum Gasteiger partial charge on any atom is 0.264 e. The van der Waals surface area contributed by atoms with Crippen molar-refractivity contribution in [2.24, 2.45) is 0 Å². The van der Waals surface area contributed by atoms with E-state index in [-0.39, 0.29) is 17.3 Å². The molecule has 214 valence electrons. The lowest BCUT2D eigenvalue weighted by molar-refractivity contribution is -0.141. The number of nitrogens with one attached hydrogen (secondary N) is 1. The van der Waals surface area contributed by atoms with Crippen LogP contribution in [0.3, 0.4) is 0 Å². The highest BCUT2D eigenvalue weighted by Crippen LogP contribution is 2.28. The first-order valence-corrected chi connectivity index (χ1v) is 15.1. The molecule has 0 fully saturated rings. The van der Waals surface area contributed by atoms with Gasteiger partial charge in [-0.15, -0.1) is 0 Å². The standard InChI is InChI=1S/C31H38ClN3O4S/c1-7-27(30(37)33-31(4,5)6)34(20-24-14-16-25(32)17-15-24)29(36)21-35(28-11-9-8-10-23(28)3)40(38,39)26-18-12-22(2)13-19-26/h8-19,27H,7,20-21H2,1-6H3,(H,33,37)/t27-/m1/s1. The van der Waals surface area contributed by atoms with Crippen molar-refractivity contribution < 1.29 is 18.0 Å². The first kappa shape index (κ1) is 31.2. The van der Waals surface area contributed by atoms with E-state index in [1.165, 1.54) is 17.0 Å². The summed E-state index contributed by atoms with van der Waals surface area (Å²) >= 11 is 6.08. The van der Waals surface area contributed by atoms with Crippen LogP contribution in [0.4, 0.5) is 5.69 Å². The van der Waals surface area contributed by atoms with Crippen LogP contribution in [0.25, 0.3) is 0 Å². The van der Waals surface area contributed by atoms with Crippen LogP contribution < -0.4 is 9.62 Å². The number of carbonyl (C=O) groups excluding carboxylic acids is 2. The number of amides is 2. The quantitative estimate of drug-likeness (QED) is 0.323. The molecule has 0 radical (unpaired) electrons. The third-order valence-electron chi connectivity index (χ3n) is 6.42. The van der Waals surface area contributed by atoms with E-state index in [2.05, 4.69) is 5.32 Å². The molecule has 0 aliphatic carbocycles. The zero-order chi connectivity index (χ0) is 29.7. The summed E-state index contributed by atoms with van der Waals surface area (Å²) in [5.41, 5.74) is 2.27. The highest BCUT2D eigenvalue weighted by molar-refractivity contribution is 7.92. The Morgan fingerprint density at radius 3 is 2.08 bits per heavy atom. The summed E-state index contributed by atoms with van der Waals surface area (Å²) in [6.45, 7) is 10.8. The predicted octanol–water partition coefficient (Wildman–Crippen LogP) is 5.87. The molecule has 0 aliphatic heterocycles. The minimum atomic E-state index is -4.11. The molecule has 0 spiro atoms. The van der Waals surface area contributed by atoms with E-state index in [1.807, 2.05) is 40.7 Å². The topological polar surface area (TPSA) is 86.8 Å². The van der Waals surface area contributed by atoms with Crippen LogP contribution in [-0.4, -0.2) is 43.3 Å². The van der Waals surface area contributed by atoms with Crippen molar-refractivity contribution in [3.8, 4) is 0 Å². The molecule has 1 N–H and O–H groups in total. The van der Waals surface area contributed by atoms with Crippen LogP contribution in [0, 0.1) is 13.8 Å². The smallest absolute Gasteiger partial charge is 0.264 e. The number of para-hydroxylation sites is 1. The van der Waals surface area contributed by atoms with Gasteiger partial charge in [0.2, 0.25) is 11.8 Å². The highest BCUT2D eigenvalue weighted by Gasteiger charge is 2.35. The summed E-state index contributed by atoms with van der Waals surface area (Å²) in [6, 6.07) is 19.8. The van der Waals surface area contributed by atoms with Crippen molar-refractivity contribution in [3.05, 3.63) is 94.5 Å². The summed E-state index contributed by atoms with van der Waals surface area (Å²) < 4.78 is 29.1. The number of hydrogen-bond acceptors (Lipinski definition) is 4. The fourth-order valence-corrected chi connectivity index (χ4v) is 5.96. The largest absolute Gasteiger partial charge is 0.350 e. The molecule has 40 heavy (non-hydrogen) atoms. The Morgan fingerprint density at radius 2 is 1.52 bits per heavy atom. The van der Waals surface area contributed by atoms with E-state index in [0.717, 1.165) is 15.4 Å². The summed E-state index contributed by atoms with van der Waals surface area (Å²) in [4.78, 5) is 29.0. The van der Waals surface area contributed by atoms with Crippen LogP contribution in [0.5, 0.6) is 0 Å². The van der Waals surface area contributed by atoms with Crippen molar-refractivity contribution in [1.82, 2.24) is 10.2 Å². The van der Waals surface area contributed by atoms with Crippen molar-refractivity contribution in [1.29, 1.82) is 0 Å². The first-order valence-electron chi connectivity index (χ1n) is 13.2. The third-order valence-corrected chi connectivity index (χ3v) is 8.45. The second-order valence-electron chi connectivity index (χ2n) is 10.9.